The summed E-state index contributed by atoms with van der Waals surface area (Å²) in [5.41, 5.74) is 2.58. The molecule has 1 nitrogen and oxygen atoms in total. The van der Waals surface area contributed by atoms with Crippen molar-refractivity contribution in [2.45, 2.75) is 19.4 Å². The van der Waals surface area contributed by atoms with Crippen LogP contribution in [0.1, 0.15) is 22.7 Å². The number of hydrogen-bond acceptors (Lipinski definition) is 1. The molecule has 20 heavy (non-hydrogen) atoms. The van der Waals surface area contributed by atoms with E-state index in [0.717, 1.165) is 11.1 Å². The summed E-state index contributed by atoms with van der Waals surface area (Å²) in [7, 11) is 1.82. The minimum absolute atomic E-state index is 0.104. The average molecular weight is 312 g/mol. The van der Waals surface area contributed by atoms with Gasteiger partial charge in [-0.2, -0.15) is 0 Å². The molecule has 0 aromatic heterocycles. The van der Waals surface area contributed by atoms with Crippen LogP contribution in [-0.4, -0.2) is 7.05 Å². The number of benzene rings is 2. The first kappa shape index (κ1) is 15.3. The van der Waals surface area contributed by atoms with Gasteiger partial charge in [0, 0.05) is 11.6 Å². The molecule has 0 amide bonds. The maximum atomic E-state index is 14.0. The lowest BCUT2D eigenvalue weighted by molar-refractivity contribution is 0.533. The van der Waals surface area contributed by atoms with Gasteiger partial charge in [0.15, 0.2) is 0 Å². The first-order valence-corrected chi connectivity index (χ1v) is 7.14. The van der Waals surface area contributed by atoms with Crippen molar-refractivity contribution in [2.75, 3.05) is 7.05 Å². The fourth-order valence-corrected chi connectivity index (χ4v) is 2.51. The Labute approximate surface area is 128 Å². The van der Waals surface area contributed by atoms with Crippen LogP contribution in [0, 0.1) is 12.7 Å². The highest BCUT2D eigenvalue weighted by Crippen LogP contribution is 2.26. The van der Waals surface area contributed by atoms with E-state index in [4.69, 9.17) is 23.2 Å². The third kappa shape index (κ3) is 3.51. The van der Waals surface area contributed by atoms with Gasteiger partial charge in [0.2, 0.25) is 0 Å². The molecule has 0 saturated carbocycles. The van der Waals surface area contributed by atoms with Crippen molar-refractivity contribution >= 4 is 23.2 Å². The number of hydrogen-bond donors (Lipinski definition) is 1. The fourth-order valence-electron chi connectivity index (χ4n) is 2.18. The summed E-state index contributed by atoms with van der Waals surface area (Å²) >= 11 is 11.9. The van der Waals surface area contributed by atoms with E-state index in [1.807, 2.05) is 38.2 Å². The third-order valence-electron chi connectivity index (χ3n) is 3.30. The Balaban J connectivity index is 2.26. The molecule has 0 saturated heterocycles. The van der Waals surface area contributed by atoms with Crippen LogP contribution in [0.25, 0.3) is 0 Å². The predicted molar refractivity (Wildman–Crippen MR) is 83.1 cm³/mol. The Morgan fingerprint density at radius 3 is 2.45 bits per heavy atom. The van der Waals surface area contributed by atoms with E-state index in [1.165, 1.54) is 0 Å². The molecule has 1 N–H and O–H groups in total. The molecule has 1 unspecified atom stereocenters. The molecular weight excluding hydrogens is 296 g/mol. The number of likely N-dealkylation sites (N-methyl/N-ethyl adjacent to an activating group) is 1. The van der Waals surface area contributed by atoms with E-state index in [9.17, 15) is 4.39 Å². The average Bonchev–Trinajstić information content (AvgIpc) is 2.41. The molecule has 4 heteroatoms. The highest BCUT2D eigenvalue weighted by molar-refractivity contribution is 6.42. The Bertz CT molecular complexity index is 613. The number of aryl methyl sites for hydroxylation is 1. The molecule has 0 heterocycles. The minimum Gasteiger partial charge on any atom is -0.313 e. The molecule has 0 fully saturated rings. The highest BCUT2D eigenvalue weighted by atomic mass is 35.5. The van der Waals surface area contributed by atoms with E-state index >= 15 is 0 Å². The van der Waals surface area contributed by atoms with Crippen LogP contribution < -0.4 is 5.32 Å². The maximum absolute atomic E-state index is 14.0. The summed E-state index contributed by atoms with van der Waals surface area (Å²) in [5, 5.41) is 4.19. The van der Waals surface area contributed by atoms with Gasteiger partial charge in [-0.05, 0) is 49.7 Å². The topological polar surface area (TPSA) is 12.0 Å². The largest absolute Gasteiger partial charge is 0.313 e. The summed E-state index contributed by atoms with van der Waals surface area (Å²) in [6, 6.07) is 10.7. The lowest BCUT2D eigenvalue weighted by atomic mass is 9.97. The van der Waals surface area contributed by atoms with Crippen LogP contribution in [0.3, 0.4) is 0 Å². The van der Waals surface area contributed by atoms with Crippen molar-refractivity contribution in [3.8, 4) is 0 Å². The SMILES string of the molecule is CNC(Cc1ccc(Cl)c(Cl)c1)c1ccc(C)cc1F. The molecule has 0 aliphatic heterocycles. The molecule has 0 spiro atoms. The van der Waals surface area contributed by atoms with Gasteiger partial charge in [-0.25, -0.2) is 4.39 Å². The first-order valence-electron chi connectivity index (χ1n) is 6.38. The van der Waals surface area contributed by atoms with Crippen LogP contribution in [0.4, 0.5) is 4.39 Å². The molecule has 106 valence electrons. The van der Waals surface area contributed by atoms with E-state index in [1.54, 1.807) is 12.1 Å². The molecule has 1 atom stereocenters. The molecule has 0 aliphatic rings. The third-order valence-corrected chi connectivity index (χ3v) is 4.04. The molecule has 2 aromatic carbocycles. The monoisotopic (exact) mass is 311 g/mol. The van der Waals surface area contributed by atoms with Gasteiger partial charge < -0.3 is 5.32 Å². The second-order valence-electron chi connectivity index (χ2n) is 4.82. The Kier molecular flexibility index (Phi) is 5.03. The van der Waals surface area contributed by atoms with Crippen LogP contribution in [-0.2, 0) is 6.42 Å². The summed E-state index contributed by atoms with van der Waals surface area (Å²) in [6.07, 6.45) is 0.646. The predicted octanol–water partition coefficient (Wildman–Crippen LogP) is 4.94. The zero-order chi connectivity index (χ0) is 14.7. The van der Waals surface area contributed by atoms with E-state index in [-0.39, 0.29) is 11.9 Å². The van der Waals surface area contributed by atoms with Crippen molar-refractivity contribution in [1.82, 2.24) is 5.32 Å². The van der Waals surface area contributed by atoms with Crippen LogP contribution >= 0.6 is 23.2 Å². The summed E-state index contributed by atoms with van der Waals surface area (Å²) in [4.78, 5) is 0. The lowest BCUT2D eigenvalue weighted by Gasteiger charge is -2.18. The Morgan fingerprint density at radius 2 is 1.85 bits per heavy atom. The maximum Gasteiger partial charge on any atom is 0.128 e. The zero-order valence-corrected chi connectivity index (χ0v) is 12.9. The van der Waals surface area contributed by atoms with Crippen molar-refractivity contribution in [3.63, 3.8) is 0 Å². The molecule has 2 rings (SSSR count). The van der Waals surface area contributed by atoms with Crippen molar-refractivity contribution in [3.05, 3.63) is 69.0 Å². The van der Waals surface area contributed by atoms with Gasteiger partial charge in [-0.1, -0.05) is 41.4 Å². The summed E-state index contributed by atoms with van der Waals surface area (Å²) < 4.78 is 14.0. The van der Waals surface area contributed by atoms with Crippen LogP contribution in [0.2, 0.25) is 10.0 Å². The van der Waals surface area contributed by atoms with Gasteiger partial charge in [0.1, 0.15) is 5.82 Å². The normalized spacial score (nSPS) is 12.4. The molecule has 0 aliphatic carbocycles. The van der Waals surface area contributed by atoms with Crippen LogP contribution in [0.15, 0.2) is 36.4 Å². The molecule has 0 bridgehead atoms. The quantitative estimate of drug-likeness (QED) is 0.843. The van der Waals surface area contributed by atoms with Gasteiger partial charge >= 0.3 is 0 Å². The number of rotatable bonds is 4. The minimum atomic E-state index is -0.190. The highest BCUT2D eigenvalue weighted by Gasteiger charge is 2.15. The smallest absolute Gasteiger partial charge is 0.128 e. The Hall–Kier alpha value is -1.09. The van der Waals surface area contributed by atoms with E-state index in [2.05, 4.69) is 5.32 Å². The van der Waals surface area contributed by atoms with Gasteiger partial charge in [-0.3, -0.25) is 0 Å². The number of halogens is 3. The first-order chi connectivity index (χ1) is 9.51. The summed E-state index contributed by atoms with van der Waals surface area (Å²) in [6.45, 7) is 1.88. The zero-order valence-electron chi connectivity index (χ0n) is 11.4. The summed E-state index contributed by atoms with van der Waals surface area (Å²) in [5.74, 6) is -0.190. The second-order valence-corrected chi connectivity index (χ2v) is 5.63. The van der Waals surface area contributed by atoms with Crippen molar-refractivity contribution in [2.24, 2.45) is 0 Å². The molecule has 0 radical (unpaired) electrons. The number of nitrogens with one attached hydrogen (secondary N) is 1. The second kappa shape index (κ2) is 6.57. The van der Waals surface area contributed by atoms with Crippen molar-refractivity contribution < 1.29 is 4.39 Å². The Morgan fingerprint density at radius 1 is 1.10 bits per heavy atom. The lowest BCUT2D eigenvalue weighted by Crippen LogP contribution is -2.20. The van der Waals surface area contributed by atoms with Gasteiger partial charge in [0.25, 0.3) is 0 Å². The van der Waals surface area contributed by atoms with Gasteiger partial charge in [0.05, 0.1) is 10.0 Å². The molecule has 2 aromatic rings. The van der Waals surface area contributed by atoms with Crippen molar-refractivity contribution in [1.29, 1.82) is 0 Å². The van der Waals surface area contributed by atoms with Gasteiger partial charge in [-0.15, -0.1) is 0 Å². The fraction of sp³-hybridized carbons (Fsp3) is 0.250. The standard InChI is InChI=1S/C16H16Cl2FN/c1-10-3-5-12(15(19)7-10)16(20-2)9-11-4-6-13(17)14(18)8-11/h3-8,16,20H,9H2,1-2H3. The van der Waals surface area contributed by atoms with E-state index in [0.29, 0.717) is 22.0 Å². The molecular formula is C16H16Cl2FN. The van der Waals surface area contributed by atoms with Crippen LogP contribution in [0.5, 0.6) is 0 Å². The van der Waals surface area contributed by atoms with E-state index < -0.39 is 0 Å².